The van der Waals surface area contributed by atoms with E-state index < -0.39 is 35.2 Å². The quantitative estimate of drug-likeness (QED) is 0.610. The van der Waals surface area contributed by atoms with Crippen LogP contribution in [0.3, 0.4) is 0 Å². The summed E-state index contributed by atoms with van der Waals surface area (Å²) in [5.74, 6) is -2.05. The van der Waals surface area contributed by atoms with Gasteiger partial charge in [0, 0.05) is 12.1 Å². The zero-order chi connectivity index (χ0) is 18.0. The largest absolute Gasteiger partial charge is 0.454 e. The molecule has 2 rings (SSSR count). The molecule has 0 saturated carbocycles. The molecule has 0 saturated heterocycles. The zero-order valence-electron chi connectivity index (χ0n) is 12.3. The number of nitrogens with two attached hydrogens (primary N) is 1. The van der Waals surface area contributed by atoms with E-state index in [1.807, 2.05) is 4.98 Å². The van der Waals surface area contributed by atoms with Gasteiger partial charge in [-0.3, -0.25) is 19.1 Å². The molecule has 10 heteroatoms. The topological polar surface area (TPSA) is 124 Å². The van der Waals surface area contributed by atoms with Crippen molar-refractivity contribution < 1.29 is 14.3 Å². The molecule has 24 heavy (non-hydrogen) atoms. The molecule has 0 radical (unpaired) electrons. The first kappa shape index (κ1) is 17.8. The number of aromatic nitrogens is 2. The van der Waals surface area contributed by atoms with Crippen molar-refractivity contribution in [1.82, 2.24) is 9.55 Å². The van der Waals surface area contributed by atoms with Gasteiger partial charge in [-0.2, -0.15) is 0 Å². The van der Waals surface area contributed by atoms with Crippen LogP contribution < -0.4 is 17.0 Å². The minimum atomic E-state index is -0.957. The molecular weight excluding hydrogens is 361 g/mol. The Kier molecular flexibility index (Phi) is 5.10. The van der Waals surface area contributed by atoms with Gasteiger partial charge in [0.25, 0.3) is 5.56 Å². The summed E-state index contributed by atoms with van der Waals surface area (Å²) in [6, 6.07) is 4.11. The van der Waals surface area contributed by atoms with E-state index in [0.29, 0.717) is 5.02 Å². The van der Waals surface area contributed by atoms with E-state index in [0.717, 1.165) is 4.57 Å². The highest BCUT2D eigenvalue weighted by Crippen LogP contribution is 2.21. The summed E-state index contributed by atoms with van der Waals surface area (Å²) >= 11 is 11.6. The second kappa shape index (κ2) is 6.90. The molecule has 0 spiro atoms. The second-order valence-electron chi connectivity index (χ2n) is 4.70. The highest BCUT2D eigenvalue weighted by molar-refractivity contribution is 6.36. The second-order valence-corrected chi connectivity index (χ2v) is 5.55. The maximum atomic E-state index is 12.1. The predicted octanol–water partition coefficient (Wildman–Crippen LogP) is 1.00. The highest BCUT2D eigenvalue weighted by Gasteiger charge is 2.20. The monoisotopic (exact) mass is 371 g/mol. The number of rotatable bonds is 4. The fraction of sp³-hybridized carbons (Fsp3) is 0.143. The molecular formula is C14H11Cl2N3O5. The summed E-state index contributed by atoms with van der Waals surface area (Å²) in [6.45, 7) is -0.747. The standard InChI is InChI=1S/C14H11Cl2N3O5/c1-19-11(17)10(12(21)18-14(19)23)9(20)5-24-13(22)7-3-2-6(15)4-8(7)16/h2-4H,5,17H2,1H3,(H,18,21,23). The number of benzene rings is 1. The lowest BCUT2D eigenvalue weighted by molar-refractivity contribution is 0.0474. The molecule has 0 amide bonds. The number of hydrogen-bond acceptors (Lipinski definition) is 6. The van der Waals surface area contributed by atoms with Gasteiger partial charge in [0.2, 0.25) is 5.78 Å². The maximum Gasteiger partial charge on any atom is 0.340 e. The van der Waals surface area contributed by atoms with Crippen LogP contribution in [0.5, 0.6) is 0 Å². The van der Waals surface area contributed by atoms with Crippen molar-refractivity contribution in [2.24, 2.45) is 7.05 Å². The molecule has 8 nitrogen and oxygen atoms in total. The zero-order valence-corrected chi connectivity index (χ0v) is 13.8. The van der Waals surface area contributed by atoms with Crippen molar-refractivity contribution >= 4 is 40.8 Å². The summed E-state index contributed by atoms with van der Waals surface area (Å²) in [5, 5.41) is 0.386. The molecule has 0 atom stereocenters. The molecule has 126 valence electrons. The normalized spacial score (nSPS) is 10.5. The summed E-state index contributed by atoms with van der Waals surface area (Å²) in [7, 11) is 1.28. The number of ketones is 1. The third-order valence-corrected chi connectivity index (χ3v) is 3.68. The van der Waals surface area contributed by atoms with Crippen LogP contribution in [0.15, 0.2) is 27.8 Å². The van der Waals surface area contributed by atoms with Gasteiger partial charge in [-0.25, -0.2) is 9.59 Å². The van der Waals surface area contributed by atoms with Crippen LogP contribution in [0, 0.1) is 0 Å². The van der Waals surface area contributed by atoms with Crippen LogP contribution in [-0.4, -0.2) is 27.9 Å². The van der Waals surface area contributed by atoms with Crippen molar-refractivity contribution in [2.45, 2.75) is 0 Å². The van der Waals surface area contributed by atoms with Gasteiger partial charge in [-0.05, 0) is 18.2 Å². The first-order valence-electron chi connectivity index (χ1n) is 6.46. The number of nitrogens with one attached hydrogen (secondary N) is 1. The van der Waals surface area contributed by atoms with E-state index >= 15 is 0 Å². The van der Waals surface area contributed by atoms with Crippen LogP contribution in [-0.2, 0) is 11.8 Å². The Balaban J connectivity index is 2.20. The minimum absolute atomic E-state index is 0.0104. The van der Waals surface area contributed by atoms with E-state index in [1.54, 1.807) is 0 Å². The summed E-state index contributed by atoms with van der Waals surface area (Å²) in [6.07, 6.45) is 0. The van der Waals surface area contributed by atoms with Gasteiger partial charge in [-0.1, -0.05) is 23.2 Å². The first-order chi connectivity index (χ1) is 11.2. The number of anilines is 1. The number of carbonyl (C=O) groups is 2. The number of nitrogen functional groups attached to an aromatic ring is 1. The number of halogens is 2. The van der Waals surface area contributed by atoms with Crippen molar-refractivity contribution in [3.8, 4) is 0 Å². The number of esters is 1. The van der Waals surface area contributed by atoms with Crippen molar-refractivity contribution in [1.29, 1.82) is 0 Å². The smallest absolute Gasteiger partial charge is 0.340 e. The van der Waals surface area contributed by atoms with E-state index in [4.69, 9.17) is 33.7 Å². The van der Waals surface area contributed by atoms with Crippen LogP contribution in [0.1, 0.15) is 20.7 Å². The van der Waals surface area contributed by atoms with Gasteiger partial charge in [0.05, 0.1) is 10.6 Å². The third kappa shape index (κ3) is 3.50. The Morgan fingerprint density at radius 1 is 1.29 bits per heavy atom. The molecule has 1 aromatic carbocycles. The van der Waals surface area contributed by atoms with Gasteiger partial charge in [0.15, 0.2) is 6.61 Å². The number of hydrogen-bond donors (Lipinski definition) is 2. The Morgan fingerprint density at radius 3 is 2.58 bits per heavy atom. The average Bonchev–Trinajstić information content (AvgIpc) is 2.50. The number of aromatic amines is 1. The van der Waals surface area contributed by atoms with E-state index in [2.05, 4.69) is 0 Å². The Morgan fingerprint density at radius 2 is 1.96 bits per heavy atom. The molecule has 1 heterocycles. The molecule has 0 fully saturated rings. The average molecular weight is 372 g/mol. The Labute approximate surface area is 144 Å². The highest BCUT2D eigenvalue weighted by atomic mass is 35.5. The van der Waals surface area contributed by atoms with Crippen LogP contribution in [0.25, 0.3) is 0 Å². The number of Topliss-reactive ketones (excluding diaryl/α,β-unsaturated/α-hetero) is 1. The summed E-state index contributed by atoms with van der Waals surface area (Å²) in [5.41, 5.74) is 3.41. The number of carbonyl (C=O) groups excluding carboxylic acids is 2. The number of ether oxygens (including phenoxy) is 1. The third-order valence-electron chi connectivity index (χ3n) is 3.13. The molecule has 1 aromatic heterocycles. The van der Waals surface area contributed by atoms with Crippen LogP contribution >= 0.6 is 23.2 Å². The first-order valence-corrected chi connectivity index (χ1v) is 7.22. The fourth-order valence-corrected chi connectivity index (χ4v) is 2.33. The Bertz CT molecular complexity index is 948. The predicted molar refractivity (Wildman–Crippen MR) is 87.8 cm³/mol. The lowest BCUT2D eigenvalue weighted by Gasteiger charge is -2.09. The van der Waals surface area contributed by atoms with E-state index in [-0.39, 0.29) is 16.4 Å². The number of H-pyrrole nitrogens is 1. The van der Waals surface area contributed by atoms with Crippen LogP contribution in [0.2, 0.25) is 10.0 Å². The van der Waals surface area contributed by atoms with Gasteiger partial charge >= 0.3 is 11.7 Å². The molecule has 0 bridgehead atoms. The SMILES string of the molecule is Cn1c(N)c(C(=O)COC(=O)c2ccc(Cl)cc2Cl)c(=O)[nH]c1=O. The van der Waals surface area contributed by atoms with Crippen molar-refractivity contribution in [3.05, 3.63) is 60.2 Å². The molecule has 2 aromatic rings. The van der Waals surface area contributed by atoms with Crippen LogP contribution in [0.4, 0.5) is 5.82 Å². The molecule has 0 unspecified atom stereocenters. The fourth-order valence-electron chi connectivity index (χ4n) is 1.84. The molecule has 0 aliphatic heterocycles. The molecule has 3 N–H and O–H groups in total. The van der Waals surface area contributed by atoms with Crippen molar-refractivity contribution in [2.75, 3.05) is 12.3 Å². The number of nitrogens with zero attached hydrogens (tertiary/aromatic N) is 1. The van der Waals surface area contributed by atoms with Gasteiger partial charge in [-0.15, -0.1) is 0 Å². The molecule has 0 aliphatic carbocycles. The minimum Gasteiger partial charge on any atom is -0.454 e. The van der Waals surface area contributed by atoms with Gasteiger partial charge < -0.3 is 10.5 Å². The van der Waals surface area contributed by atoms with Gasteiger partial charge in [0.1, 0.15) is 11.4 Å². The Hall–Kier alpha value is -2.58. The van der Waals surface area contributed by atoms with E-state index in [9.17, 15) is 19.2 Å². The summed E-state index contributed by atoms with van der Waals surface area (Å²) < 4.78 is 5.73. The van der Waals surface area contributed by atoms with E-state index in [1.165, 1.54) is 25.2 Å². The maximum absolute atomic E-state index is 12.1. The van der Waals surface area contributed by atoms with Crippen molar-refractivity contribution in [3.63, 3.8) is 0 Å². The lowest BCUT2D eigenvalue weighted by atomic mass is 10.2. The summed E-state index contributed by atoms with van der Waals surface area (Å²) in [4.78, 5) is 49.0. The molecule has 0 aliphatic rings. The lowest BCUT2D eigenvalue weighted by Crippen LogP contribution is -2.35.